The highest BCUT2D eigenvalue weighted by molar-refractivity contribution is 7.89. The Bertz CT molecular complexity index is 841. The predicted molar refractivity (Wildman–Crippen MR) is 100.0 cm³/mol. The number of hydrogen-bond donors (Lipinski definition) is 1. The molecule has 0 saturated carbocycles. The number of hydrogen-bond acceptors (Lipinski definition) is 5. The molecule has 0 spiro atoms. The van der Waals surface area contributed by atoms with Gasteiger partial charge in [0.1, 0.15) is 5.76 Å². The average molecular weight is 392 g/mol. The van der Waals surface area contributed by atoms with Crippen LogP contribution in [0.1, 0.15) is 29.5 Å². The lowest BCUT2D eigenvalue weighted by molar-refractivity contribution is 0.0730. The van der Waals surface area contributed by atoms with Gasteiger partial charge in [-0.3, -0.25) is 4.79 Å². The lowest BCUT2D eigenvalue weighted by Crippen LogP contribution is -2.40. The number of morpholine rings is 1. The SMILES string of the molecule is C[C@@H](CCc1ccco1)NC(=O)c1ccc(S(=O)(=O)N2CCOCC2)cc1. The van der Waals surface area contributed by atoms with Gasteiger partial charge in [0.2, 0.25) is 10.0 Å². The van der Waals surface area contributed by atoms with Crippen molar-refractivity contribution in [1.29, 1.82) is 0 Å². The van der Waals surface area contributed by atoms with Crippen LogP contribution >= 0.6 is 0 Å². The van der Waals surface area contributed by atoms with E-state index in [4.69, 9.17) is 9.15 Å². The molecule has 1 aromatic heterocycles. The van der Waals surface area contributed by atoms with Crippen LogP contribution < -0.4 is 5.32 Å². The van der Waals surface area contributed by atoms with E-state index in [9.17, 15) is 13.2 Å². The number of nitrogens with one attached hydrogen (secondary N) is 1. The van der Waals surface area contributed by atoms with Crippen molar-refractivity contribution in [2.24, 2.45) is 0 Å². The predicted octanol–water partition coefficient (Wildman–Crippen LogP) is 2.05. The molecule has 0 aliphatic carbocycles. The average Bonchev–Trinajstić information content (AvgIpc) is 3.21. The minimum absolute atomic E-state index is 0.0284. The van der Waals surface area contributed by atoms with Gasteiger partial charge >= 0.3 is 0 Å². The van der Waals surface area contributed by atoms with Crippen LogP contribution in [-0.4, -0.2) is 51.0 Å². The van der Waals surface area contributed by atoms with Gasteiger partial charge in [-0.2, -0.15) is 4.31 Å². The van der Waals surface area contributed by atoms with E-state index in [1.165, 1.54) is 16.4 Å². The molecule has 1 atom stereocenters. The summed E-state index contributed by atoms with van der Waals surface area (Å²) in [5.41, 5.74) is 0.431. The van der Waals surface area contributed by atoms with Crippen molar-refractivity contribution < 1.29 is 22.4 Å². The molecule has 0 unspecified atom stereocenters. The van der Waals surface area contributed by atoms with Gasteiger partial charge in [0.05, 0.1) is 24.4 Å². The Labute approximate surface area is 159 Å². The van der Waals surface area contributed by atoms with Crippen molar-refractivity contribution in [2.75, 3.05) is 26.3 Å². The second kappa shape index (κ2) is 8.69. The number of benzene rings is 1. The fraction of sp³-hybridized carbons (Fsp3) is 0.421. The maximum absolute atomic E-state index is 12.6. The van der Waals surface area contributed by atoms with Gasteiger partial charge in [0, 0.05) is 31.1 Å². The molecule has 2 aromatic rings. The number of furan rings is 1. The first kappa shape index (κ1) is 19.6. The molecule has 1 fully saturated rings. The number of carbonyl (C=O) groups is 1. The Kier molecular flexibility index (Phi) is 6.30. The van der Waals surface area contributed by atoms with Gasteiger partial charge in [-0.15, -0.1) is 0 Å². The van der Waals surface area contributed by atoms with Crippen molar-refractivity contribution in [3.63, 3.8) is 0 Å². The molecule has 2 heterocycles. The summed E-state index contributed by atoms with van der Waals surface area (Å²) in [6.07, 6.45) is 3.12. The Hall–Kier alpha value is -2.16. The van der Waals surface area contributed by atoms with E-state index in [1.54, 1.807) is 18.4 Å². The maximum atomic E-state index is 12.6. The smallest absolute Gasteiger partial charge is 0.251 e. The second-order valence-electron chi connectivity index (χ2n) is 6.53. The zero-order valence-electron chi connectivity index (χ0n) is 15.3. The Morgan fingerprint density at radius 2 is 1.89 bits per heavy atom. The van der Waals surface area contributed by atoms with E-state index < -0.39 is 10.0 Å². The summed E-state index contributed by atoms with van der Waals surface area (Å²) in [6.45, 7) is 3.42. The van der Waals surface area contributed by atoms with Crippen LogP contribution in [0.25, 0.3) is 0 Å². The van der Waals surface area contributed by atoms with Gasteiger partial charge in [-0.25, -0.2) is 8.42 Å². The molecule has 1 saturated heterocycles. The first-order valence-corrected chi connectivity index (χ1v) is 10.4. The topological polar surface area (TPSA) is 88.8 Å². The molecule has 1 aromatic carbocycles. The Balaban J connectivity index is 1.58. The first-order valence-electron chi connectivity index (χ1n) is 8.98. The summed E-state index contributed by atoms with van der Waals surface area (Å²) in [5.74, 6) is 0.658. The van der Waals surface area contributed by atoms with Gasteiger partial charge in [0.25, 0.3) is 5.91 Å². The van der Waals surface area contributed by atoms with Crippen molar-refractivity contribution in [1.82, 2.24) is 9.62 Å². The molecule has 0 radical (unpaired) electrons. The molecule has 27 heavy (non-hydrogen) atoms. The first-order chi connectivity index (χ1) is 13.0. The summed E-state index contributed by atoms with van der Waals surface area (Å²) < 4.78 is 37.1. The lowest BCUT2D eigenvalue weighted by atomic mass is 10.1. The summed E-state index contributed by atoms with van der Waals surface area (Å²) in [6, 6.07) is 9.76. The van der Waals surface area contributed by atoms with Gasteiger partial charge in [-0.1, -0.05) is 0 Å². The molecule has 1 amide bonds. The van der Waals surface area contributed by atoms with Crippen LogP contribution in [0, 0.1) is 0 Å². The molecule has 1 aliphatic heterocycles. The largest absolute Gasteiger partial charge is 0.469 e. The summed E-state index contributed by atoms with van der Waals surface area (Å²) in [5, 5.41) is 2.92. The molecule has 3 rings (SSSR count). The molecular weight excluding hydrogens is 368 g/mol. The minimum Gasteiger partial charge on any atom is -0.469 e. The van der Waals surface area contributed by atoms with Crippen LogP contribution in [0.5, 0.6) is 0 Å². The molecule has 1 N–H and O–H groups in total. The van der Waals surface area contributed by atoms with E-state index in [0.717, 1.165) is 18.6 Å². The number of sulfonamides is 1. The number of carbonyl (C=O) groups excluding carboxylic acids is 1. The van der Waals surface area contributed by atoms with Crippen LogP contribution in [0.2, 0.25) is 0 Å². The molecule has 7 nitrogen and oxygen atoms in total. The zero-order valence-corrected chi connectivity index (χ0v) is 16.1. The van der Waals surface area contributed by atoms with E-state index in [0.29, 0.717) is 31.9 Å². The van der Waals surface area contributed by atoms with Crippen molar-refractivity contribution >= 4 is 15.9 Å². The summed E-state index contributed by atoms with van der Waals surface area (Å²) >= 11 is 0. The number of amides is 1. The van der Waals surface area contributed by atoms with E-state index in [-0.39, 0.29) is 16.8 Å². The fourth-order valence-corrected chi connectivity index (χ4v) is 4.32. The van der Waals surface area contributed by atoms with Crippen LogP contribution in [-0.2, 0) is 21.2 Å². The van der Waals surface area contributed by atoms with E-state index in [1.807, 2.05) is 19.1 Å². The zero-order chi connectivity index (χ0) is 19.3. The molecule has 146 valence electrons. The number of aryl methyl sites for hydroxylation is 1. The third-order valence-electron chi connectivity index (χ3n) is 4.51. The second-order valence-corrected chi connectivity index (χ2v) is 8.47. The lowest BCUT2D eigenvalue weighted by Gasteiger charge is -2.26. The molecular formula is C19H24N2O5S. The van der Waals surface area contributed by atoms with Gasteiger partial charge in [0.15, 0.2) is 0 Å². The number of rotatable bonds is 7. The standard InChI is InChI=1S/C19H24N2O5S/c1-15(4-7-17-3-2-12-26-17)20-19(22)16-5-8-18(9-6-16)27(23,24)21-10-13-25-14-11-21/h2-3,5-6,8-9,12,15H,4,7,10-11,13-14H2,1H3,(H,20,22)/t15-/m0/s1. The summed E-state index contributed by atoms with van der Waals surface area (Å²) in [4.78, 5) is 12.6. The summed E-state index contributed by atoms with van der Waals surface area (Å²) in [7, 11) is -3.55. The molecule has 1 aliphatic rings. The molecule has 8 heteroatoms. The van der Waals surface area contributed by atoms with Gasteiger partial charge < -0.3 is 14.5 Å². The monoisotopic (exact) mass is 392 g/mol. The number of nitrogens with zero attached hydrogens (tertiary/aromatic N) is 1. The maximum Gasteiger partial charge on any atom is 0.251 e. The molecule has 0 bridgehead atoms. The fourth-order valence-electron chi connectivity index (χ4n) is 2.91. The minimum atomic E-state index is -3.55. The number of ether oxygens (including phenoxy) is 1. The van der Waals surface area contributed by atoms with Crippen LogP contribution in [0.15, 0.2) is 52.0 Å². The Morgan fingerprint density at radius 3 is 2.52 bits per heavy atom. The van der Waals surface area contributed by atoms with E-state index >= 15 is 0 Å². The third kappa shape index (κ3) is 4.97. The quantitative estimate of drug-likeness (QED) is 0.779. The van der Waals surface area contributed by atoms with Gasteiger partial charge in [-0.05, 0) is 49.7 Å². The highest BCUT2D eigenvalue weighted by Crippen LogP contribution is 2.18. The van der Waals surface area contributed by atoms with Crippen LogP contribution in [0.4, 0.5) is 0 Å². The Morgan fingerprint density at radius 1 is 1.19 bits per heavy atom. The highest BCUT2D eigenvalue weighted by Gasteiger charge is 2.26. The van der Waals surface area contributed by atoms with Crippen molar-refractivity contribution in [3.8, 4) is 0 Å². The van der Waals surface area contributed by atoms with Crippen molar-refractivity contribution in [3.05, 3.63) is 54.0 Å². The van der Waals surface area contributed by atoms with Crippen molar-refractivity contribution in [2.45, 2.75) is 30.7 Å². The third-order valence-corrected chi connectivity index (χ3v) is 6.42. The van der Waals surface area contributed by atoms with Crippen LogP contribution in [0.3, 0.4) is 0 Å². The van der Waals surface area contributed by atoms with E-state index in [2.05, 4.69) is 5.32 Å². The highest BCUT2D eigenvalue weighted by atomic mass is 32.2. The normalized spacial score (nSPS) is 16.8.